The molecule has 0 unspecified atom stereocenters. The Morgan fingerprint density at radius 3 is 1.75 bits per heavy atom. The second-order valence-electron chi connectivity index (χ2n) is 7.70. The number of rotatable bonds is 6. The van der Waals surface area contributed by atoms with Crippen molar-refractivity contribution in [1.82, 2.24) is 19.6 Å². The zero-order valence-electron chi connectivity index (χ0n) is 19.4. The largest absolute Gasteiger partial charge is 0.309 e. The number of hydrogen-bond acceptors (Lipinski definition) is 8. The first-order valence-corrected chi connectivity index (χ1v) is 10.5. The van der Waals surface area contributed by atoms with Crippen LogP contribution >= 0.6 is 0 Å². The fourth-order valence-electron chi connectivity index (χ4n) is 3.27. The summed E-state index contributed by atoms with van der Waals surface area (Å²) < 4.78 is 3.09. The molecular formula is C24H20N8O4. The van der Waals surface area contributed by atoms with Crippen LogP contribution in [0.15, 0.2) is 60.9 Å². The third kappa shape index (κ3) is 6.15. The predicted molar refractivity (Wildman–Crippen MR) is 128 cm³/mol. The van der Waals surface area contributed by atoms with Gasteiger partial charge in [0.25, 0.3) is 0 Å². The molecule has 180 valence electrons. The van der Waals surface area contributed by atoms with E-state index < -0.39 is 9.85 Å². The van der Waals surface area contributed by atoms with E-state index >= 15 is 0 Å². The predicted octanol–water partition coefficient (Wildman–Crippen LogP) is 4.04. The monoisotopic (exact) mass is 484 g/mol. The maximum absolute atomic E-state index is 10.7. The van der Waals surface area contributed by atoms with Crippen molar-refractivity contribution in [3.63, 3.8) is 0 Å². The molecule has 2 aromatic heterocycles. The number of aryl methyl sites for hydroxylation is 1. The zero-order valence-corrected chi connectivity index (χ0v) is 19.4. The van der Waals surface area contributed by atoms with Gasteiger partial charge in [0.05, 0.1) is 46.2 Å². The molecule has 4 rings (SSSR count). The van der Waals surface area contributed by atoms with Crippen molar-refractivity contribution in [2.45, 2.75) is 26.9 Å². The lowest BCUT2D eigenvalue weighted by atomic mass is 10.1. The van der Waals surface area contributed by atoms with Gasteiger partial charge in [0.15, 0.2) is 0 Å². The van der Waals surface area contributed by atoms with Crippen LogP contribution in [0.1, 0.15) is 33.6 Å². The van der Waals surface area contributed by atoms with Gasteiger partial charge in [0, 0.05) is 0 Å². The summed E-state index contributed by atoms with van der Waals surface area (Å²) in [4.78, 5) is 20.5. The normalized spacial score (nSPS) is 10.0. The van der Waals surface area contributed by atoms with Crippen LogP contribution in [0.4, 0.5) is 11.4 Å². The van der Waals surface area contributed by atoms with Crippen molar-refractivity contribution in [3.8, 4) is 12.1 Å². The lowest BCUT2D eigenvalue weighted by molar-refractivity contribution is -0.385. The van der Waals surface area contributed by atoms with Crippen LogP contribution in [-0.4, -0.2) is 29.4 Å². The van der Waals surface area contributed by atoms with E-state index in [1.165, 1.54) is 17.1 Å². The molecule has 0 radical (unpaired) electrons. The highest BCUT2D eigenvalue weighted by atomic mass is 16.6. The van der Waals surface area contributed by atoms with Crippen LogP contribution in [0.5, 0.6) is 0 Å². The van der Waals surface area contributed by atoms with Gasteiger partial charge in [-0.25, -0.2) is 0 Å². The number of nitrogens with zero attached hydrogens (tertiary/aromatic N) is 8. The molecule has 12 heteroatoms. The Labute approximate surface area is 205 Å². The molecule has 0 N–H and O–H groups in total. The summed E-state index contributed by atoms with van der Waals surface area (Å²) in [7, 11) is 0. The van der Waals surface area contributed by atoms with E-state index in [0.717, 1.165) is 11.1 Å². The molecule has 0 atom stereocenters. The maximum Gasteiger partial charge on any atom is 0.309 e. The maximum atomic E-state index is 10.7. The SMILES string of the molecule is Cc1c([N+](=O)[O-])cnn1Cc1ccc(C#N)cc1.Cc1nn(Cc2ccc(C#N)cc2)cc1[N+](=O)[O-]. The lowest BCUT2D eigenvalue weighted by Gasteiger charge is -2.03. The van der Waals surface area contributed by atoms with Crippen LogP contribution < -0.4 is 0 Å². The Bertz CT molecular complexity index is 1460. The van der Waals surface area contributed by atoms with Gasteiger partial charge in [0.2, 0.25) is 0 Å². The first-order chi connectivity index (χ1) is 17.2. The Morgan fingerprint density at radius 2 is 1.33 bits per heavy atom. The molecule has 0 bridgehead atoms. The molecule has 4 aromatic rings. The van der Waals surface area contributed by atoms with E-state index in [-0.39, 0.29) is 11.4 Å². The van der Waals surface area contributed by atoms with Gasteiger partial charge in [-0.3, -0.25) is 29.6 Å². The Morgan fingerprint density at radius 1 is 0.833 bits per heavy atom. The summed E-state index contributed by atoms with van der Waals surface area (Å²) in [6.07, 6.45) is 2.66. The first kappa shape index (κ1) is 25.3. The summed E-state index contributed by atoms with van der Waals surface area (Å²) in [6.45, 7) is 4.16. The highest BCUT2D eigenvalue weighted by Gasteiger charge is 2.16. The van der Waals surface area contributed by atoms with Crippen molar-refractivity contribution < 1.29 is 9.85 Å². The van der Waals surface area contributed by atoms with Crippen molar-refractivity contribution in [2.75, 3.05) is 0 Å². The van der Waals surface area contributed by atoms with Crippen LogP contribution in [0.3, 0.4) is 0 Å². The minimum absolute atomic E-state index is 0.0173. The molecule has 12 nitrogen and oxygen atoms in total. The van der Waals surface area contributed by atoms with E-state index in [4.69, 9.17) is 10.5 Å². The van der Waals surface area contributed by atoms with Crippen LogP contribution in [0.25, 0.3) is 0 Å². The zero-order chi connectivity index (χ0) is 26.2. The molecule has 0 saturated carbocycles. The van der Waals surface area contributed by atoms with E-state index in [1.807, 2.05) is 24.3 Å². The molecule has 0 amide bonds. The highest BCUT2D eigenvalue weighted by molar-refractivity contribution is 5.35. The van der Waals surface area contributed by atoms with Crippen LogP contribution in [0.2, 0.25) is 0 Å². The molecule has 36 heavy (non-hydrogen) atoms. The number of aromatic nitrogens is 4. The molecular weight excluding hydrogens is 464 g/mol. The molecule has 2 heterocycles. The first-order valence-electron chi connectivity index (χ1n) is 10.5. The van der Waals surface area contributed by atoms with E-state index in [1.54, 1.807) is 54.9 Å². The van der Waals surface area contributed by atoms with Gasteiger partial charge in [-0.05, 0) is 49.2 Å². The lowest BCUT2D eigenvalue weighted by Crippen LogP contribution is -2.04. The summed E-state index contributed by atoms with van der Waals surface area (Å²) in [6, 6.07) is 18.1. The Kier molecular flexibility index (Phi) is 7.84. The van der Waals surface area contributed by atoms with Crippen molar-refractivity contribution in [2.24, 2.45) is 0 Å². The minimum Gasteiger partial charge on any atom is -0.261 e. The Hall–Kier alpha value is -5.36. The van der Waals surface area contributed by atoms with Gasteiger partial charge < -0.3 is 0 Å². The molecule has 0 fully saturated rings. The molecule has 0 aliphatic carbocycles. The van der Waals surface area contributed by atoms with E-state index in [0.29, 0.717) is 35.6 Å². The summed E-state index contributed by atoms with van der Waals surface area (Å²) in [5, 5.41) is 46.8. The van der Waals surface area contributed by atoms with Crippen LogP contribution in [-0.2, 0) is 13.1 Å². The smallest absolute Gasteiger partial charge is 0.261 e. The van der Waals surface area contributed by atoms with Crippen molar-refractivity contribution in [1.29, 1.82) is 10.5 Å². The van der Waals surface area contributed by atoms with Crippen LogP contribution in [0, 0.1) is 56.7 Å². The fourth-order valence-corrected chi connectivity index (χ4v) is 3.27. The number of nitro groups is 2. The minimum atomic E-state index is -0.447. The second kappa shape index (κ2) is 11.2. The average molecular weight is 484 g/mol. The third-order valence-corrected chi connectivity index (χ3v) is 5.23. The highest BCUT2D eigenvalue weighted by Crippen LogP contribution is 2.18. The second-order valence-corrected chi connectivity index (χ2v) is 7.70. The van der Waals surface area contributed by atoms with E-state index in [9.17, 15) is 20.2 Å². The summed E-state index contributed by atoms with van der Waals surface area (Å²) >= 11 is 0. The van der Waals surface area contributed by atoms with E-state index in [2.05, 4.69) is 10.2 Å². The van der Waals surface area contributed by atoms with Gasteiger partial charge in [-0.15, -0.1) is 0 Å². The number of nitriles is 2. The molecule has 2 aromatic carbocycles. The summed E-state index contributed by atoms with van der Waals surface area (Å²) in [5.41, 5.74) is 4.00. The summed E-state index contributed by atoms with van der Waals surface area (Å²) in [5.74, 6) is 0. The van der Waals surface area contributed by atoms with Gasteiger partial charge in [-0.1, -0.05) is 24.3 Å². The molecule has 0 aliphatic heterocycles. The topological polar surface area (TPSA) is 169 Å². The molecule has 0 spiro atoms. The van der Waals surface area contributed by atoms with Gasteiger partial charge in [-0.2, -0.15) is 20.7 Å². The van der Waals surface area contributed by atoms with Gasteiger partial charge in [0.1, 0.15) is 23.8 Å². The fraction of sp³-hybridized carbons (Fsp3) is 0.167. The Balaban J connectivity index is 0.000000201. The molecule has 0 aliphatic rings. The number of hydrogen-bond donors (Lipinski definition) is 0. The number of benzene rings is 2. The standard InChI is InChI=1S/2C12H10N4O2/c1-9-12(16(17)18)7-14-15(9)8-11-4-2-10(6-13)3-5-11;1-9-12(16(17)18)8-15(14-9)7-11-4-2-10(6-13)3-5-11/h2-5,7H,8H2,1H3;2-5,8H,7H2,1H3. The van der Waals surface area contributed by atoms with Crippen molar-refractivity contribution in [3.05, 3.63) is 115 Å². The molecule has 0 saturated heterocycles. The average Bonchev–Trinajstić information content (AvgIpc) is 3.42. The van der Waals surface area contributed by atoms with Gasteiger partial charge >= 0.3 is 11.4 Å². The van der Waals surface area contributed by atoms with Crippen molar-refractivity contribution >= 4 is 11.4 Å². The third-order valence-electron chi connectivity index (χ3n) is 5.23. The quantitative estimate of drug-likeness (QED) is 0.291.